The van der Waals surface area contributed by atoms with E-state index in [4.69, 9.17) is 4.52 Å². The number of nitrogens with one attached hydrogen (secondary N) is 1. The summed E-state index contributed by atoms with van der Waals surface area (Å²) in [5.74, 6) is 0.417. The van der Waals surface area contributed by atoms with Crippen LogP contribution in [-0.2, 0) is 6.54 Å². The summed E-state index contributed by atoms with van der Waals surface area (Å²) >= 11 is 0. The average molecular weight is 367 g/mol. The van der Waals surface area contributed by atoms with Crippen LogP contribution < -0.4 is 10.2 Å². The fraction of sp³-hybridized carbons (Fsp3) is 0.167. The van der Waals surface area contributed by atoms with Crippen molar-refractivity contribution in [2.24, 2.45) is 0 Å². The standard InChI is InChI=1S/C18H17N5O4/c1-22(2)18-20-16(27-21-18)11-19-14-9-8-13(10-15(14)23(25)26)17(24)12-6-4-3-5-7-12/h3-10,19H,11H2,1-2H3. The predicted molar refractivity (Wildman–Crippen MR) is 98.9 cm³/mol. The summed E-state index contributed by atoms with van der Waals surface area (Å²) in [5, 5.41) is 18.1. The van der Waals surface area contributed by atoms with Crippen molar-refractivity contribution >= 4 is 23.1 Å². The van der Waals surface area contributed by atoms with Gasteiger partial charge in [0.25, 0.3) is 11.6 Å². The lowest BCUT2D eigenvalue weighted by atomic mass is 10.0. The molecule has 0 aliphatic heterocycles. The molecule has 1 heterocycles. The van der Waals surface area contributed by atoms with E-state index in [1.165, 1.54) is 12.1 Å². The molecular weight excluding hydrogens is 350 g/mol. The summed E-state index contributed by atoms with van der Waals surface area (Å²) in [6.45, 7) is 0.119. The lowest BCUT2D eigenvalue weighted by Crippen LogP contribution is -2.10. The van der Waals surface area contributed by atoms with Gasteiger partial charge in [0.2, 0.25) is 5.89 Å². The van der Waals surface area contributed by atoms with Gasteiger partial charge >= 0.3 is 0 Å². The maximum absolute atomic E-state index is 12.5. The van der Waals surface area contributed by atoms with Gasteiger partial charge in [0.15, 0.2) is 5.78 Å². The topological polar surface area (TPSA) is 114 Å². The summed E-state index contributed by atoms with van der Waals surface area (Å²) in [6.07, 6.45) is 0. The molecule has 0 radical (unpaired) electrons. The predicted octanol–water partition coefficient (Wildman–Crippen LogP) is 2.89. The number of hydrogen-bond acceptors (Lipinski definition) is 8. The van der Waals surface area contributed by atoms with Gasteiger partial charge in [-0.1, -0.05) is 30.3 Å². The number of rotatable bonds is 7. The number of anilines is 2. The van der Waals surface area contributed by atoms with Crippen LogP contribution in [0.15, 0.2) is 53.1 Å². The number of ketones is 1. The molecule has 0 unspecified atom stereocenters. The van der Waals surface area contributed by atoms with Crippen LogP contribution in [0.5, 0.6) is 0 Å². The number of aromatic nitrogens is 2. The van der Waals surface area contributed by atoms with Crippen LogP contribution in [-0.4, -0.2) is 34.9 Å². The summed E-state index contributed by atoms with van der Waals surface area (Å²) < 4.78 is 5.08. The van der Waals surface area contributed by atoms with Gasteiger partial charge in [-0.05, 0) is 17.3 Å². The average Bonchev–Trinajstić information content (AvgIpc) is 3.15. The number of hydrogen-bond donors (Lipinski definition) is 1. The van der Waals surface area contributed by atoms with E-state index in [-0.39, 0.29) is 35.2 Å². The minimum Gasteiger partial charge on any atom is -0.371 e. The van der Waals surface area contributed by atoms with Crippen molar-refractivity contribution in [3.8, 4) is 0 Å². The zero-order chi connectivity index (χ0) is 19.4. The lowest BCUT2D eigenvalue weighted by molar-refractivity contribution is -0.384. The van der Waals surface area contributed by atoms with Crippen molar-refractivity contribution in [1.29, 1.82) is 0 Å². The molecule has 2 aromatic carbocycles. The minimum atomic E-state index is -0.539. The molecule has 0 amide bonds. The van der Waals surface area contributed by atoms with E-state index in [0.717, 1.165) is 0 Å². The van der Waals surface area contributed by atoms with Crippen LogP contribution in [0, 0.1) is 10.1 Å². The van der Waals surface area contributed by atoms with Crippen LogP contribution in [0.2, 0.25) is 0 Å². The van der Waals surface area contributed by atoms with Crippen molar-refractivity contribution < 1.29 is 14.2 Å². The van der Waals surface area contributed by atoms with Crippen molar-refractivity contribution in [3.63, 3.8) is 0 Å². The molecule has 0 saturated carbocycles. The third-order valence-corrected chi connectivity index (χ3v) is 3.78. The first-order valence-electron chi connectivity index (χ1n) is 8.07. The van der Waals surface area contributed by atoms with E-state index < -0.39 is 4.92 Å². The fourth-order valence-corrected chi connectivity index (χ4v) is 2.40. The molecule has 0 fully saturated rings. The first kappa shape index (κ1) is 18.1. The number of benzene rings is 2. The van der Waals surface area contributed by atoms with E-state index in [1.807, 2.05) is 0 Å². The van der Waals surface area contributed by atoms with Crippen molar-refractivity contribution in [2.75, 3.05) is 24.3 Å². The Labute approximate surface area is 154 Å². The van der Waals surface area contributed by atoms with E-state index in [2.05, 4.69) is 15.5 Å². The first-order valence-corrected chi connectivity index (χ1v) is 8.07. The molecule has 9 heteroatoms. The van der Waals surface area contributed by atoms with E-state index in [9.17, 15) is 14.9 Å². The molecule has 0 spiro atoms. The number of carbonyl (C=O) groups excluding carboxylic acids is 1. The zero-order valence-corrected chi connectivity index (χ0v) is 14.7. The molecule has 9 nitrogen and oxygen atoms in total. The fourth-order valence-electron chi connectivity index (χ4n) is 2.40. The molecule has 3 rings (SSSR count). The highest BCUT2D eigenvalue weighted by Crippen LogP contribution is 2.27. The van der Waals surface area contributed by atoms with Gasteiger partial charge in [0.1, 0.15) is 5.69 Å². The Balaban J connectivity index is 1.81. The Morgan fingerprint density at radius 1 is 1.19 bits per heavy atom. The lowest BCUT2D eigenvalue weighted by Gasteiger charge is -2.07. The van der Waals surface area contributed by atoms with E-state index in [1.54, 1.807) is 55.4 Å². The highest BCUT2D eigenvalue weighted by molar-refractivity contribution is 6.09. The Morgan fingerprint density at radius 2 is 1.93 bits per heavy atom. The number of nitrogens with zero attached hydrogens (tertiary/aromatic N) is 4. The highest BCUT2D eigenvalue weighted by Gasteiger charge is 2.19. The second kappa shape index (κ2) is 7.65. The third-order valence-electron chi connectivity index (χ3n) is 3.78. The molecule has 138 valence electrons. The molecule has 1 N–H and O–H groups in total. The normalized spacial score (nSPS) is 10.4. The Bertz CT molecular complexity index is 969. The van der Waals surface area contributed by atoms with Crippen molar-refractivity contribution in [3.05, 3.63) is 75.7 Å². The largest absolute Gasteiger partial charge is 0.371 e. The summed E-state index contributed by atoms with van der Waals surface area (Å²) in [4.78, 5) is 29.2. The summed E-state index contributed by atoms with van der Waals surface area (Å²) in [5.41, 5.74) is 0.763. The molecule has 27 heavy (non-hydrogen) atoms. The van der Waals surface area contributed by atoms with Crippen molar-refractivity contribution in [2.45, 2.75) is 6.54 Å². The van der Waals surface area contributed by atoms with Gasteiger partial charge in [-0.25, -0.2) is 0 Å². The minimum absolute atomic E-state index is 0.119. The maximum atomic E-state index is 12.5. The summed E-state index contributed by atoms with van der Waals surface area (Å²) in [6, 6.07) is 12.9. The zero-order valence-electron chi connectivity index (χ0n) is 14.7. The molecule has 0 aliphatic carbocycles. The smallest absolute Gasteiger partial charge is 0.293 e. The molecule has 3 aromatic rings. The van der Waals surface area contributed by atoms with Gasteiger partial charge in [-0.15, -0.1) is 0 Å². The number of nitro groups is 1. The Kier molecular flexibility index (Phi) is 5.11. The van der Waals surface area contributed by atoms with E-state index in [0.29, 0.717) is 11.5 Å². The molecule has 0 atom stereocenters. The van der Waals surface area contributed by atoms with Gasteiger partial charge in [-0.3, -0.25) is 14.9 Å². The van der Waals surface area contributed by atoms with E-state index >= 15 is 0 Å². The van der Waals surface area contributed by atoms with Gasteiger partial charge in [-0.2, -0.15) is 4.98 Å². The number of nitro benzene ring substituents is 1. The monoisotopic (exact) mass is 367 g/mol. The highest BCUT2D eigenvalue weighted by atomic mass is 16.6. The molecule has 1 aromatic heterocycles. The van der Waals surface area contributed by atoms with Gasteiger partial charge in [0.05, 0.1) is 11.5 Å². The van der Waals surface area contributed by atoms with Gasteiger partial charge < -0.3 is 14.7 Å². The molecular formula is C18H17N5O4. The molecule has 0 bridgehead atoms. The SMILES string of the molecule is CN(C)c1noc(CNc2ccc(C(=O)c3ccccc3)cc2[N+](=O)[O-])n1. The Hall–Kier alpha value is -3.75. The second-order valence-electron chi connectivity index (χ2n) is 5.92. The number of carbonyl (C=O) groups is 1. The second-order valence-corrected chi connectivity index (χ2v) is 5.92. The maximum Gasteiger partial charge on any atom is 0.293 e. The quantitative estimate of drug-likeness (QED) is 0.385. The molecule has 0 saturated heterocycles. The van der Waals surface area contributed by atoms with Crippen LogP contribution in [0.25, 0.3) is 0 Å². The van der Waals surface area contributed by atoms with Crippen LogP contribution >= 0.6 is 0 Å². The summed E-state index contributed by atoms with van der Waals surface area (Å²) in [7, 11) is 3.55. The first-order chi connectivity index (χ1) is 13.0. The van der Waals surface area contributed by atoms with Crippen molar-refractivity contribution in [1.82, 2.24) is 10.1 Å². The Morgan fingerprint density at radius 3 is 2.56 bits per heavy atom. The van der Waals surface area contributed by atoms with Crippen LogP contribution in [0.4, 0.5) is 17.3 Å². The third kappa shape index (κ3) is 4.09. The van der Waals surface area contributed by atoms with Crippen LogP contribution in [0.3, 0.4) is 0 Å². The molecule has 0 aliphatic rings. The van der Waals surface area contributed by atoms with Crippen LogP contribution in [0.1, 0.15) is 21.8 Å². The van der Waals surface area contributed by atoms with Gasteiger partial charge in [0, 0.05) is 31.3 Å².